The second-order valence-electron chi connectivity index (χ2n) is 7.96. The van der Waals surface area contributed by atoms with E-state index in [0.29, 0.717) is 22.1 Å². The predicted molar refractivity (Wildman–Crippen MR) is 124 cm³/mol. The molecule has 0 saturated heterocycles. The van der Waals surface area contributed by atoms with Crippen LogP contribution in [0, 0.1) is 5.82 Å². The Balaban J connectivity index is 1.75. The van der Waals surface area contributed by atoms with Gasteiger partial charge in [-0.2, -0.15) is 0 Å². The third-order valence-electron chi connectivity index (χ3n) is 5.03. The maximum absolute atomic E-state index is 14.3. The van der Waals surface area contributed by atoms with Gasteiger partial charge >= 0.3 is 0 Å². The molecule has 0 saturated carbocycles. The summed E-state index contributed by atoms with van der Waals surface area (Å²) in [4.78, 5) is 16.7. The summed E-state index contributed by atoms with van der Waals surface area (Å²) in [6, 6.07) is 6.74. The molecule has 3 heterocycles. The Labute approximate surface area is 194 Å². The summed E-state index contributed by atoms with van der Waals surface area (Å²) in [6.45, 7) is 5.07. The molecule has 0 spiro atoms. The van der Waals surface area contributed by atoms with Crippen LogP contribution in [0.15, 0.2) is 49.1 Å². The van der Waals surface area contributed by atoms with E-state index in [1.807, 2.05) is 25.1 Å². The highest BCUT2D eigenvalue weighted by atomic mass is 35.5. The minimum Gasteiger partial charge on any atom is -0.382 e. The molecule has 0 amide bonds. The number of pyridine rings is 2. The molecule has 0 aliphatic carbocycles. The van der Waals surface area contributed by atoms with Crippen LogP contribution in [0.2, 0.25) is 10.2 Å². The zero-order valence-electron chi connectivity index (χ0n) is 17.6. The van der Waals surface area contributed by atoms with Gasteiger partial charge in [0.25, 0.3) is 0 Å². The van der Waals surface area contributed by atoms with Gasteiger partial charge in [0.05, 0.1) is 28.5 Å². The molecule has 0 aliphatic heterocycles. The summed E-state index contributed by atoms with van der Waals surface area (Å²) in [7, 11) is 0. The number of anilines is 1. The lowest BCUT2D eigenvalue weighted by atomic mass is 10.0. The van der Waals surface area contributed by atoms with Crippen LogP contribution < -0.4 is 5.32 Å². The summed E-state index contributed by atoms with van der Waals surface area (Å²) in [5, 5.41) is 14.7. The van der Waals surface area contributed by atoms with Crippen molar-refractivity contribution in [1.29, 1.82) is 0 Å². The molecule has 2 N–H and O–H groups in total. The van der Waals surface area contributed by atoms with E-state index in [-0.39, 0.29) is 5.15 Å². The standard InChI is InChI=1S/C23H20Cl2FN5O/c1-12(15-7-20(25)28-11-18(15)26)31-21-16-6-13(4-5-19(16)27-10-17(21)24)14-8-29-22(30-9-14)23(2,3)32/h4-12,32H,1-3H3,(H,27,31)/t12-/m1/s1. The number of hydrogen-bond acceptors (Lipinski definition) is 6. The number of benzene rings is 1. The molecular weight excluding hydrogens is 452 g/mol. The molecule has 1 atom stereocenters. The lowest BCUT2D eigenvalue weighted by Crippen LogP contribution is -2.19. The van der Waals surface area contributed by atoms with E-state index in [9.17, 15) is 9.50 Å². The number of aliphatic hydroxyl groups is 1. The smallest absolute Gasteiger partial charge is 0.159 e. The first-order valence-corrected chi connectivity index (χ1v) is 10.6. The number of halogens is 3. The van der Waals surface area contributed by atoms with Crippen LogP contribution in [0.5, 0.6) is 0 Å². The number of fused-ring (bicyclic) bond motifs is 1. The van der Waals surface area contributed by atoms with Gasteiger partial charge in [0.1, 0.15) is 16.6 Å². The highest BCUT2D eigenvalue weighted by Crippen LogP contribution is 2.35. The molecule has 32 heavy (non-hydrogen) atoms. The fourth-order valence-electron chi connectivity index (χ4n) is 3.34. The van der Waals surface area contributed by atoms with Crippen molar-refractivity contribution in [2.75, 3.05) is 5.32 Å². The summed E-state index contributed by atoms with van der Waals surface area (Å²) < 4.78 is 14.3. The lowest BCUT2D eigenvalue weighted by molar-refractivity contribution is 0.0687. The van der Waals surface area contributed by atoms with Crippen LogP contribution in [0.1, 0.15) is 38.2 Å². The Morgan fingerprint density at radius 3 is 2.38 bits per heavy atom. The topological polar surface area (TPSA) is 83.8 Å². The average Bonchev–Trinajstić information content (AvgIpc) is 2.76. The van der Waals surface area contributed by atoms with Crippen LogP contribution in [0.25, 0.3) is 22.0 Å². The van der Waals surface area contributed by atoms with Gasteiger partial charge in [-0.3, -0.25) is 4.98 Å². The second-order valence-corrected chi connectivity index (χ2v) is 8.76. The Morgan fingerprint density at radius 1 is 0.969 bits per heavy atom. The summed E-state index contributed by atoms with van der Waals surface area (Å²) in [6.07, 6.45) is 5.96. The lowest BCUT2D eigenvalue weighted by Gasteiger charge is -2.19. The first kappa shape index (κ1) is 22.3. The predicted octanol–water partition coefficient (Wildman–Crippen LogP) is 5.93. The zero-order chi connectivity index (χ0) is 23.0. The normalized spacial score (nSPS) is 12.7. The zero-order valence-corrected chi connectivity index (χ0v) is 19.1. The van der Waals surface area contributed by atoms with Crippen LogP contribution in [-0.2, 0) is 5.60 Å². The molecule has 0 unspecified atom stereocenters. The fourth-order valence-corrected chi connectivity index (χ4v) is 3.71. The van der Waals surface area contributed by atoms with Crippen molar-refractivity contribution in [3.8, 4) is 11.1 Å². The van der Waals surface area contributed by atoms with E-state index in [1.165, 1.54) is 6.07 Å². The molecule has 3 aromatic heterocycles. The van der Waals surface area contributed by atoms with Crippen molar-refractivity contribution in [1.82, 2.24) is 19.9 Å². The van der Waals surface area contributed by atoms with Crippen LogP contribution in [-0.4, -0.2) is 25.0 Å². The largest absolute Gasteiger partial charge is 0.382 e. The first-order chi connectivity index (χ1) is 15.1. The van der Waals surface area contributed by atoms with E-state index >= 15 is 0 Å². The summed E-state index contributed by atoms with van der Waals surface area (Å²) in [5.74, 6) is -0.130. The van der Waals surface area contributed by atoms with Crippen molar-refractivity contribution in [2.24, 2.45) is 0 Å². The van der Waals surface area contributed by atoms with Crippen molar-refractivity contribution in [3.05, 3.63) is 76.4 Å². The Bertz CT molecular complexity index is 1290. The number of nitrogens with zero attached hydrogens (tertiary/aromatic N) is 4. The number of hydrogen-bond donors (Lipinski definition) is 2. The van der Waals surface area contributed by atoms with Gasteiger partial charge in [-0.1, -0.05) is 29.3 Å². The van der Waals surface area contributed by atoms with Crippen molar-refractivity contribution in [2.45, 2.75) is 32.4 Å². The van der Waals surface area contributed by atoms with Gasteiger partial charge in [-0.05, 0) is 44.5 Å². The Hall–Kier alpha value is -2.87. The SMILES string of the molecule is C[C@@H](Nc1c(Cl)cnc2ccc(-c3cnc(C(C)(C)O)nc3)cc12)c1cc(Cl)ncc1F. The monoisotopic (exact) mass is 471 g/mol. The highest BCUT2D eigenvalue weighted by molar-refractivity contribution is 6.34. The number of rotatable bonds is 5. The van der Waals surface area contributed by atoms with E-state index in [2.05, 4.69) is 25.3 Å². The minimum absolute atomic E-state index is 0.206. The highest BCUT2D eigenvalue weighted by Gasteiger charge is 2.20. The molecule has 1 aromatic carbocycles. The van der Waals surface area contributed by atoms with Gasteiger partial charge in [0.2, 0.25) is 0 Å². The average molecular weight is 472 g/mol. The van der Waals surface area contributed by atoms with Gasteiger partial charge in [-0.15, -0.1) is 0 Å². The molecule has 6 nitrogen and oxygen atoms in total. The number of nitrogens with one attached hydrogen (secondary N) is 1. The van der Waals surface area contributed by atoms with E-state index < -0.39 is 17.5 Å². The van der Waals surface area contributed by atoms with Gasteiger partial charge in [0, 0.05) is 35.1 Å². The molecule has 4 rings (SSSR count). The molecule has 0 radical (unpaired) electrons. The van der Waals surface area contributed by atoms with Crippen LogP contribution in [0.3, 0.4) is 0 Å². The third kappa shape index (κ3) is 4.50. The van der Waals surface area contributed by atoms with Crippen molar-refractivity contribution in [3.63, 3.8) is 0 Å². The van der Waals surface area contributed by atoms with E-state index in [1.54, 1.807) is 32.4 Å². The van der Waals surface area contributed by atoms with Gasteiger partial charge < -0.3 is 10.4 Å². The molecule has 0 fully saturated rings. The number of aromatic nitrogens is 4. The van der Waals surface area contributed by atoms with Crippen LogP contribution >= 0.6 is 23.2 Å². The van der Waals surface area contributed by atoms with Crippen molar-refractivity contribution < 1.29 is 9.50 Å². The minimum atomic E-state index is -1.13. The van der Waals surface area contributed by atoms with Crippen molar-refractivity contribution >= 4 is 39.8 Å². The molecule has 9 heteroatoms. The third-order valence-corrected chi connectivity index (χ3v) is 5.53. The Kier molecular flexibility index (Phi) is 5.99. The fraction of sp³-hybridized carbons (Fsp3) is 0.217. The maximum atomic E-state index is 14.3. The summed E-state index contributed by atoms with van der Waals surface area (Å²) in [5.41, 5.74) is 2.20. The van der Waals surface area contributed by atoms with E-state index in [4.69, 9.17) is 23.2 Å². The Morgan fingerprint density at radius 2 is 1.69 bits per heavy atom. The molecule has 164 valence electrons. The van der Waals surface area contributed by atoms with Crippen LogP contribution in [0.4, 0.5) is 10.1 Å². The maximum Gasteiger partial charge on any atom is 0.159 e. The van der Waals surface area contributed by atoms with Gasteiger partial charge in [0.15, 0.2) is 5.82 Å². The molecule has 0 bridgehead atoms. The summed E-state index contributed by atoms with van der Waals surface area (Å²) >= 11 is 12.4. The van der Waals surface area contributed by atoms with E-state index in [0.717, 1.165) is 28.2 Å². The second kappa shape index (κ2) is 8.58. The first-order valence-electron chi connectivity index (χ1n) is 9.84. The molecular formula is C23H20Cl2FN5O. The quantitative estimate of drug-likeness (QED) is 0.350. The molecule has 0 aliphatic rings. The molecule has 4 aromatic rings. The van der Waals surface area contributed by atoms with Gasteiger partial charge in [-0.25, -0.2) is 19.3 Å².